The molecule has 19 heavy (non-hydrogen) atoms. The fourth-order valence-corrected chi connectivity index (χ4v) is 2.96. The molecule has 0 saturated heterocycles. The number of nitrogens with one attached hydrogen (secondary N) is 1. The van der Waals surface area contributed by atoms with Crippen LogP contribution in [0.3, 0.4) is 0 Å². The van der Waals surface area contributed by atoms with Crippen molar-refractivity contribution < 1.29 is 14.7 Å². The highest BCUT2D eigenvalue weighted by atomic mass is 16.4. The van der Waals surface area contributed by atoms with Crippen LogP contribution in [0.15, 0.2) is 0 Å². The predicted octanol–water partition coefficient (Wildman–Crippen LogP) is 1.23. The Balaban J connectivity index is 1.72. The molecule has 0 aliphatic heterocycles. The summed E-state index contributed by atoms with van der Waals surface area (Å²) >= 11 is 0. The minimum atomic E-state index is -0.810. The van der Waals surface area contributed by atoms with Crippen molar-refractivity contribution in [1.82, 2.24) is 10.2 Å². The molecular weight excluding hydrogens is 244 g/mol. The first-order chi connectivity index (χ1) is 9.03. The third-order valence-electron chi connectivity index (χ3n) is 4.47. The van der Waals surface area contributed by atoms with Crippen LogP contribution in [0.25, 0.3) is 0 Å². The average Bonchev–Trinajstić information content (AvgIpc) is 3.10. The molecule has 0 bridgehead atoms. The van der Waals surface area contributed by atoms with Crippen LogP contribution in [-0.2, 0) is 9.59 Å². The molecule has 2 saturated carbocycles. The molecule has 1 amide bonds. The van der Waals surface area contributed by atoms with E-state index in [4.69, 9.17) is 0 Å². The Morgan fingerprint density at radius 1 is 1.32 bits per heavy atom. The number of amides is 1. The van der Waals surface area contributed by atoms with Gasteiger partial charge < -0.3 is 15.3 Å². The fourth-order valence-electron chi connectivity index (χ4n) is 2.96. The van der Waals surface area contributed by atoms with E-state index in [1.54, 1.807) is 0 Å². The van der Waals surface area contributed by atoms with Gasteiger partial charge in [-0.25, -0.2) is 0 Å². The Labute approximate surface area is 114 Å². The topological polar surface area (TPSA) is 69.6 Å². The van der Waals surface area contributed by atoms with Gasteiger partial charge in [-0.1, -0.05) is 12.8 Å². The van der Waals surface area contributed by atoms with E-state index < -0.39 is 11.4 Å². The van der Waals surface area contributed by atoms with Gasteiger partial charge in [-0.05, 0) is 32.7 Å². The number of carboxylic acids is 1. The van der Waals surface area contributed by atoms with E-state index in [-0.39, 0.29) is 12.3 Å². The number of hydrogen-bond acceptors (Lipinski definition) is 3. The number of carbonyl (C=O) groups excluding carboxylic acids is 1. The van der Waals surface area contributed by atoms with Gasteiger partial charge in [-0.3, -0.25) is 9.59 Å². The molecule has 0 aromatic rings. The first-order valence-electron chi connectivity index (χ1n) is 7.24. The average molecular weight is 268 g/mol. The van der Waals surface area contributed by atoms with Gasteiger partial charge in [0.05, 0.1) is 5.41 Å². The lowest BCUT2D eigenvalue weighted by atomic mass is 9.82. The molecule has 0 aromatic heterocycles. The Morgan fingerprint density at radius 2 is 1.95 bits per heavy atom. The first-order valence-corrected chi connectivity index (χ1v) is 7.24. The van der Waals surface area contributed by atoms with Crippen molar-refractivity contribution in [2.45, 2.75) is 51.0 Å². The summed E-state index contributed by atoms with van der Waals surface area (Å²) < 4.78 is 0. The van der Waals surface area contributed by atoms with Crippen LogP contribution < -0.4 is 5.32 Å². The van der Waals surface area contributed by atoms with Gasteiger partial charge in [0, 0.05) is 25.6 Å². The zero-order chi connectivity index (χ0) is 13.9. The highest BCUT2D eigenvalue weighted by Gasteiger charge is 2.42. The third-order valence-corrected chi connectivity index (χ3v) is 4.47. The maximum absolute atomic E-state index is 11.9. The SMILES string of the molecule is CN(CCNC(=O)CC1(C(=O)O)CCCC1)C1CC1. The van der Waals surface area contributed by atoms with Gasteiger partial charge in [0.1, 0.15) is 0 Å². The quantitative estimate of drug-likeness (QED) is 0.728. The molecule has 2 fully saturated rings. The smallest absolute Gasteiger partial charge is 0.310 e. The second kappa shape index (κ2) is 5.90. The molecule has 2 aliphatic carbocycles. The Kier molecular flexibility index (Phi) is 4.45. The number of likely N-dealkylation sites (N-methyl/N-ethyl adjacent to an activating group) is 1. The van der Waals surface area contributed by atoms with Gasteiger partial charge in [0.15, 0.2) is 0 Å². The Bertz CT molecular complexity index is 347. The minimum absolute atomic E-state index is 0.117. The fraction of sp³-hybridized carbons (Fsp3) is 0.857. The Hall–Kier alpha value is -1.10. The highest BCUT2D eigenvalue weighted by Crippen LogP contribution is 2.41. The van der Waals surface area contributed by atoms with Crippen LogP contribution in [0, 0.1) is 5.41 Å². The van der Waals surface area contributed by atoms with Gasteiger partial charge in [0.2, 0.25) is 5.91 Å². The number of carbonyl (C=O) groups is 2. The lowest BCUT2D eigenvalue weighted by molar-refractivity contribution is -0.151. The standard InChI is InChI=1S/C14H24N2O3/c1-16(11-4-5-11)9-8-15-12(17)10-14(13(18)19)6-2-3-7-14/h11H,2-10H2,1H3,(H,15,17)(H,18,19). The predicted molar refractivity (Wildman–Crippen MR) is 71.8 cm³/mol. The van der Waals surface area contributed by atoms with Gasteiger partial charge in [0.25, 0.3) is 0 Å². The van der Waals surface area contributed by atoms with Crippen molar-refractivity contribution in [2.75, 3.05) is 20.1 Å². The molecule has 0 heterocycles. The molecule has 0 unspecified atom stereocenters. The summed E-state index contributed by atoms with van der Waals surface area (Å²) in [6.07, 6.45) is 5.76. The molecule has 0 atom stereocenters. The van der Waals surface area contributed by atoms with E-state index in [1.807, 2.05) is 0 Å². The molecule has 2 N–H and O–H groups in total. The molecule has 2 aliphatic rings. The van der Waals surface area contributed by atoms with Crippen molar-refractivity contribution in [3.63, 3.8) is 0 Å². The maximum Gasteiger partial charge on any atom is 0.310 e. The molecule has 5 heteroatoms. The number of aliphatic carboxylic acids is 1. The number of rotatable bonds is 7. The maximum atomic E-state index is 11.9. The monoisotopic (exact) mass is 268 g/mol. The zero-order valence-electron chi connectivity index (χ0n) is 11.7. The van der Waals surface area contributed by atoms with Crippen molar-refractivity contribution in [1.29, 1.82) is 0 Å². The summed E-state index contributed by atoms with van der Waals surface area (Å²) in [5, 5.41) is 12.2. The first kappa shape index (κ1) is 14.3. The van der Waals surface area contributed by atoms with Crippen LogP contribution in [0.1, 0.15) is 44.9 Å². The molecular formula is C14H24N2O3. The van der Waals surface area contributed by atoms with Crippen molar-refractivity contribution in [2.24, 2.45) is 5.41 Å². The largest absolute Gasteiger partial charge is 0.481 e. The van der Waals surface area contributed by atoms with Gasteiger partial charge >= 0.3 is 5.97 Å². The van der Waals surface area contributed by atoms with Crippen LogP contribution in [0.2, 0.25) is 0 Å². The summed E-state index contributed by atoms with van der Waals surface area (Å²) in [5.74, 6) is -0.927. The van der Waals surface area contributed by atoms with E-state index in [1.165, 1.54) is 12.8 Å². The van der Waals surface area contributed by atoms with Gasteiger partial charge in [-0.2, -0.15) is 0 Å². The van der Waals surface area contributed by atoms with Gasteiger partial charge in [-0.15, -0.1) is 0 Å². The Morgan fingerprint density at radius 3 is 2.47 bits per heavy atom. The van der Waals surface area contributed by atoms with E-state index >= 15 is 0 Å². The lowest BCUT2D eigenvalue weighted by Gasteiger charge is -2.23. The normalized spacial score (nSPS) is 21.6. The van der Waals surface area contributed by atoms with Crippen LogP contribution in [0.5, 0.6) is 0 Å². The second-order valence-corrected chi connectivity index (χ2v) is 6.03. The molecule has 0 spiro atoms. The summed E-state index contributed by atoms with van der Waals surface area (Å²) in [6, 6.07) is 0.692. The lowest BCUT2D eigenvalue weighted by Crippen LogP contribution is -2.38. The number of carboxylic acid groups (broad SMARTS) is 1. The van der Waals surface area contributed by atoms with E-state index in [0.717, 1.165) is 19.4 Å². The zero-order valence-corrected chi connectivity index (χ0v) is 11.7. The molecule has 108 valence electrons. The third kappa shape index (κ3) is 3.69. The summed E-state index contributed by atoms with van der Waals surface area (Å²) in [4.78, 5) is 25.5. The van der Waals surface area contributed by atoms with E-state index in [2.05, 4.69) is 17.3 Å². The van der Waals surface area contributed by atoms with Crippen molar-refractivity contribution in [3.8, 4) is 0 Å². The molecule has 5 nitrogen and oxygen atoms in total. The summed E-state index contributed by atoms with van der Waals surface area (Å²) in [7, 11) is 2.07. The van der Waals surface area contributed by atoms with E-state index in [0.29, 0.717) is 25.4 Å². The highest BCUT2D eigenvalue weighted by molar-refractivity contribution is 5.85. The van der Waals surface area contributed by atoms with Crippen LogP contribution in [0.4, 0.5) is 0 Å². The van der Waals surface area contributed by atoms with Crippen LogP contribution in [-0.4, -0.2) is 48.1 Å². The van der Waals surface area contributed by atoms with Crippen molar-refractivity contribution in [3.05, 3.63) is 0 Å². The molecule has 2 rings (SSSR count). The summed E-state index contributed by atoms with van der Waals surface area (Å²) in [5.41, 5.74) is -0.799. The second-order valence-electron chi connectivity index (χ2n) is 6.03. The molecule has 0 radical (unpaired) electrons. The summed E-state index contributed by atoms with van der Waals surface area (Å²) in [6.45, 7) is 1.46. The van der Waals surface area contributed by atoms with E-state index in [9.17, 15) is 14.7 Å². The van der Waals surface area contributed by atoms with Crippen LogP contribution >= 0.6 is 0 Å². The minimum Gasteiger partial charge on any atom is -0.481 e. The van der Waals surface area contributed by atoms with Crippen molar-refractivity contribution >= 4 is 11.9 Å². The number of nitrogens with zero attached hydrogens (tertiary/aromatic N) is 1. The molecule has 0 aromatic carbocycles. The number of hydrogen-bond donors (Lipinski definition) is 2.